The van der Waals surface area contributed by atoms with E-state index in [-0.39, 0.29) is 18.7 Å². The molecule has 0 aromatic heterocycles. The van der Waals surface area contributed by atoms with E-state index in [4.69, 9.17) is 9.47 Å². The molecule has 4 rings (SSSR count). The van der Waals surface area contributed by atoms with Gasteiger partial charge >= 0.3 is 0 Å². The SMILES string of the molecule is Cc1ccc([C@@H]2CCCN2C(=O)c2ccc3c(c2)OCO3)cc1C. The van der Waals surface area contributed by atoms with Crippen LogP contribution in [0.5, 0.6) is 11.5 Å². The topological polar surface area (TPSA) is 38.8 Å². The molecule has 24 heavy (non-hydrogen) atoms. The summed E-state index contributed by atoms with van der Waals surface area (Å²) in [7, 11) is 0. The fourth-order valence-electron chi connectivity index (χ4n) is 3.52. The predicted octanol–water partition coefficient (Wildman–Crippen LogP) is 4.01. The molecule has 0 spiro atoms. The van der Waals surface area contributed by atoms with E-state index in [9.17, 15) is 4.79 Å². The molecule has 0 bridgehead atoms. The Labute approximate surface area is 142 Å². The first-order chi connectivity index (χ1) is 11.6. The Kier molecular flexibility index (Phi) is 3.68. The second-order valence-electron chi connectivity index (χ2n) is 6.57. The predicted molar refractivity (Wildman–Crippen MR) is 91.5 cm³/mol. The number of amides is 1. The van der Waals surface area contributed by atoms with E-state index in [0.29, 0.717) is 17.1 Å². The number of benzene rings is 2. The maximum atomic E-state index is 13.0. The fourth-order valence-corrected chi connectivity index (χ4v) is 3.52. The lowest BCUT2D eigenvalue weighted by atomic mass is 9.99. The van der Waals surface area contributed by atoms with Gasteiger partial charge in [-0.1, -0.05) is 18.2 Å². The first kappa shape index (κ1) is 15.1. The van der Waals surface area contributed by atoms with Gasteiger partial charge in [-0.3, -0.25) is 4.79 Å². The summed E-state index contributed by atoms with van der Waals surface area (Å²) >= 11 is 0. The number of ether oxygens (including phenoxy) is 2. The summed E-state index contributed by atoms with van der Waals surface area (Å²) in [5.41, 5.74) is 4.44. The summed E-state index contributed by atoms with van der Waals surface area (Å²) < 4.78 is 10.7. The summed E-state index contributed by atoms with van der Waals surface area (Å²) in [5.74, 6) is 1.43. The minimum Gasteiger partial charge on any atom is -0.454 e. The Morgan fingerprint density at radius 1 is 1.04 bits per heavy atom. The van der Waals surface area contributed by atoms with Crippen molar-refractivity contribution < 1.29 is 14.3 Å². The average molecular weight is 323 g/mol. The largest absolute Gasteiger partial charge is 0.454 e. The zero-order chi connectivity index (χ0) is 16.7. The molecule has 0 saturated carbocycles. The van der Waals surface area contributed by atoms with E-state index >= 15 is 0 Å². The van der Waals surface area contributed by atoms with Crippen molar-refractivity contribution >= 4 is 5.91 Å². The zero-order valence-corrected chi connectivity index (χ0v) is 14.0. The molecule has 1 fully saturated rings. The number of hydrogen-bond donors (Lipinski definition) is 0. The molecule has 2 aliphatic rings. The number of hydrogen-bond acceptors (Lipinski definition) is 3. The third-order valence-electron chi connectivity index (χ3n) is 5.05. The maximum absolute atomic E-state index is 13.0. The summed E-state index contributed by atoms with van der Waals surface area (Å²) in [4.78, 5) is 15.0. The van der Waals surface area contributed by atoms with Crippen molar-refractivity contribution in [3.8, 4) is 11.5 Å². The van der Waals surface area contributed by atoms with Gasteiger partial charge in [0, 0.05) is 12.1 Å². The number of likely N-dealkylation sites (tertiary alicyclic amines) is 1. The summed E-state index contributed by atoms with van der Waals surface area (Å²) in [6.45, 7) is 5.26. The highest BCUT2D eigenvalue weighted by Crippen LogP contribution is 2.36. The molecule has 124 valence electrons. The molecule has 2 aliphatic heterocycles. The third kappa shape index (κ3) is 2.52. The molecule has 2 aromatic carbocycles. The molecule has 1 saturated heterocycles. The Hall–Kier alpha value is -2.49. The molecule has 1 amide bonds. The lowest BCUT2D eigenvalue weighted by Gasteiger charge is -2.26. The van der Waals surface area contributed by atoms with Gasteiger partial charge in [-0.2, -0.15) is 0 Å². The molecular formula is C20H21NO3. The molecule has 4 heteroatoms. The van der Waals surface area contributed by atoms with Crippen molar-refractivity contribution in [2.45, 2.75) is 32.7 Å². The molecule has 0 N–H and O–H groups in total. The van der Waals surface area contributed by atoms with Crippen LogP contribution in [-0.2, 0) is 0 Å². The van der Waals surface area contributed by atoms with Gasteiger partial charge < -0.3 is 14.4 Å². The van der Waals surface area contributed by atoms with Crippen molar-refractivity contribution in [2.75, 3.05) is 13.3 Å². The number of nitrogens with zero attached hydrogens (tertiary/aromatic N) is 1. The molecular weight excluding hydrogens is 302 g/mol. The Balaban J connectivity index is 1.62. The van der Waals surface area contributed by atoms with E-state index in [0.717, 1.165) is 19.4 Å². The van der Waals surface area contributed by atoms with Crippen molar-refractivity contribution in [2.24, 2.45) is 0 Å². The van der Waals surface area contributed by atoms with E-state index in [1.807, 2.05) is 17.0 Å². The van der Waals surface area contributed by atoms with Crippen LogP contribution in [0.15, 0.2) is 36.4 Å². The zero-order valence-electron chi connectivity index (χ0n) is 14.0. The molecule has 0 radical (unpaired) electrons. The molecule has 2 aromatic rings. The second-order valence-corrected chi connectivity index (χ2v) is 6.57. The highest BCUT2D eigenvalue weighted by molar-refractivity contribution is 5.95. The minimum atomic E-state index is 0.0639. The smallest absolute Gasteiger partial charge is 0.254 e. The van der Waals surface area contributed by atoms with Crippen LogP contribution in [0.1, 0.15) is 45.9 Å². The van der Waals surface area contributed by atoms with Gasteiger partial charge in [0.25, 0.3) is 5.91 Å². The third-order valence-corrected chi connectivity index (χ3v) is 5.05. The van der Waals surface area contributed by atoms with Crippen LogP contribution in [0.4, 0.5) is 0 Å². The minimum absolute atomic E-state index is 0.0639. The van der Waals surface area contributed by atoms with E-state index < -0.39 is 0 Å². The lowest BCUT2D eigenvalue weighted by molar-refractivity contribution is 0.0735. The second kappa shape index (κ2) is 5.86. The highest BCUT2D eigenvalue weighted by Gasteiger charge is 2.31. The Morgan fingerprint density at radius 2 is 1.88 bits per heavy atom. The van der Waals surface area contributed by atoms with Crippen LogP contribution in [0.25, 0.3) is 0 Å². The number of carbonyl (C=O) groups is 1. The first-order valence-corrected chi connectivity index (χ1v) is 8.41. The van der Waals surface area contributed by atoms with E-state index in [1.54, 1.807) is 6.07 Å². The molecule has 4 nitrogen and oxygen atoms in total. The average Bonchev–Trinajstić information content (AvgIpc) is 3.24. The van der Waals surface area contributed by atoms with Crippen LogP contribution >= 0.6 is 0 Å². The van der Waals surface area contributed by atoms with Gasteiger partial charge in [-0.25, -0.2) is 0 Å². The lowest BCUT2D eigenvalue weighted by Crippen LogP contribution is -2.30. The first-order valence-electron chi connectivity index (χ1n) is 8.41. The highest BCUT2D eigenvalue weighted by atomic mass is 16.7. The number of carbonyl (C=O) groups excluding carboxylic acids is 1. The van der Waals surface area contributed by atoms with Gasteiger partial charge in [0.2, 0.25) is 6.79 Å². The molecule has 1 atom stereocenters. The fraction of sp³-hybridized carbons (Fsp3) is 0.350. The normalized spacial score (nSPS) is 18.9. The van der Waals surface area contributed by atoms with Gasteiger partial charge in [0.1, 0.15) is 0 Å². The van der Waals surface area contributed by atoms with Gasteiger partial charge in [0.05, 0.1) is 6.04 Å². The Morgan fingerprint density at radius 3 is 2.71 bits per heavy atom. The summed E-state index contributed by atoms with van der Waals surface area (Å²) in [5, 5.41) is 0. The van der Waals surface area contributed by atoms with Crippen LogP contribution in [-0.4, -0.2) is 24.1 Å². The molecule has 0 unspecified atom stereocenters. The summed E-state index contributed by atoms with van der Waals surface area (Å²) in [6.07, 6.45) is 2.05. The molecule has 0 aliphatic carbocycles. The van der Waals surface area contributed by atoms with Crippen LogP contribution in [0.2, 0.25) is 0 Å². The molecule has 2 heterocycles. The standard InChI is InChI=1S/C20H21NO3/c1-13-5-6-15(10-14(13)2)17-4-3-9-21(17)20(22)16-7-8-18-19(11-16)24-12-23-18/h5-8,10-11,17H,3-4,9,12H2,1-2H3/t17-/m0/s1. The van der Waals surface area contributed by atoms with Crippen LogP contribution < -0.4 is 9.47 Å². The van der Waals surface area contributed by atoms with E-state index in [1.165, 1.54) is 16.7 Å². The van der Waals surface area contributed by atoms with Crippen molar-refractivity contribution in [3.63, 3.8) is 0 Å². The van der Waals surface area contributed by atoms with E-state index in [2.05, 4.69) is 32.0 Å². The maximum Gasteiger partial charge on any atom is 0.254 e. The Bertz CT molecular complexity index is 799. The van der Waals surface area contributed by atoms with Crippen molar-refractivity contribution in [1.29, 1.82) is 0 Å². The quantitative estimate of drug-likeness (QED) is 0.838. The van der Waals surface area contributed by atoms with Crippen LogP contribution in [0, 0.1) is 13.8 Å². The summed E-state index contributed by atoms with van der Waals surface area (Å²) in [6, 6.07) is 12.1. The van der Waals surface area contributed by atoms with Crippen molar-refractivity contribution in [3.05, 3.63) is 58.7 Å². The number of aryl methyl sites for hydroxylation is 2. The van der Waals surface area contributed by atoms with Crippen molar-refractivity contribution in [1.82, 2.24) is 4.90 Å². The number of rotatable bonds is 2. The van der Waals surface area contributed by atoms with Gasteiger partial charge in [-0.15, -0.1) is 0 Å². The van der Waals surface area contributed by atoms with Gasteiger partial charge in [0.15, 0.2) is 11.5 Å². The number of fused-ring (bicyclic) bond motifs is 1. The monoisotopic (exact) mass is 323 g/mol. The van der Waals surface area contributed by atoms with Crippen LogP contribution in [0.3, 0.4) is 0 Å². The van der Waals surface area contributed by atoms with Gasteiger partial charge in [-0.05, 0) is 61.6 Å².